The molecule has 0 aliphatic heterocycles. The Balaban J connectivity index is 0.000000720. The molecule has 0 atom stereocenters. The topological polar surface area (TPSA) is 9.03 Å². The summed E-state index contributed by atoms with van der Waals surface area (Å²) in [5.74, 6) is 0. The van der Waals surface area contributed by atoms with Gasteiger partial charge >= 0.3 is 0 Å². The van der Waals surface area contributed by atoms with Crippen molar-refractivity contribution in [1.29, 1.82) is 0 Å². The number of aryl methyl sites for hydroxylation is 1. The van der Waals surface area contributed by atoms with E-state index in [1.165, 1.54) is 0 Å². The van der Waals surface area contributed by atoms with Crippen LogP contribution in [0.5, 0.6) is 0 Å². The third-order valence-corrected chi connectivity index (χ3v) is 2.06. The van der Waals surface area contributed by atoms with Gasteiger partial charge in [-0.15, -0.1) is 0 Å². The molecule has 2 aromatic rings. The van der Waals surface area contributed by atoms with Crippen molar-refractivity contribution in [2.24, 2.45) is 7.05 Å². The molecule has 0 amide bonds. The van der Waals surface area contributed by atoms with Gasteiger partial charge in [0.15, 0.2) is 5.15 Å². The summed E-state index contributed by atoms with van der Waals surface area (Å²) in [4.78, 5) is 0. The summed E-state index contributed by atoms with van der Waals surface area (Å²) in [6.07, 6.45) is 3.92. The van der Waals surface area contributed by atoms with Gasteiger partial charge in [0.25, 0.3) is 5.65 Å². The Morgan fingerprint density at radius 2 is 2.17 bits per heavy atom. The van der Waals surface area contributed by atoms with Gasteiger partial charge in [-0.25, -0.2) is 4.57 Å². The SMILES string of the molecule is Cn1cc[n+]2c(Cl)cccc12.[I-]. The first-order chi connectivity index (χ1) is 5.29. The van der Waals surface area contributed by atoms with Crippen LogP contribution in [0, 0.1) is 0 Å². The Labute approximate surface area is 92.8 Å². The molecule has 2 nitrogen and oxygen atoms in total. The number of hydrogen-bond acceptors (Lipinski definition) is 0. The van der Waals surface area contributed by atoms with Crippen molar-refractivity contribution in [3.8, 4) is 0 Å². The lowest BCUT2D eigenvalue weighted by Gasteiger charge is -1.88. The average molecular weight is 295 g/mol. The molecule has 0 radical (unpaired) electrons. The molecule has 2 heterocycles. The van der Waals surface area contributed by atoms with E-state index < -0.39 is 0 Å². The zero-order chi connectivity index (χ0) is 7.84. The summed E-state index contributed by atoms with van der Waals surface area (Å²) < 4.78 is 3.95. The third kappa shape index (κ3) is 1.43. The second kappa shape index (κ2) is 3.62. The number of aromatic nitrogens is 2. The molecule has 0 aliphatic rings. The first kappa shape index (κ1) is 9.80. The summed E-state index contributed by atoms with van der Waals surface area (Å²) in [5, 5.41) is 0.739. The number of halogens is 2. The molecule has 0 aromatic carbocycles. The summed E-state index contributed by atoms with van der Waals surface area (Å²) >= 11 is 5.92. The van der Waals surface area contributed by atoms with Gasteiger partial charge in [-0.05, 0) is 23.7 Å². The van der Waals surface area contributed by atoms with Gasteiger partial charge in [0.05, 0.1) is 7.05 Å². The van der Waals surface area contributed by atoms with Crippen molar-refractivity contribution in [2.45, 2.75) is 0 Å². The van der Waals surface area contributed by atoms with Crippen molar-refractivity contribution in [2.75, 3.05) is 0 Å². The number of hydrogen-bond donors (Lipinski definition) is 0. The molecular formula is C8H8ClIN2. The van der Waals surface area contributed by atoms with Crippen molar-refractivity contribution in [1.82, 2.24) is 4.57 Å². The van der Waals surface area contributed by atoms with Gasteiger partial charge in [0, 0.05) is 6.07 Å². The quantitative estimate of drug-likeness (QED) is 0.315. The van der Waals surface area contributed by atoms with Crippen molar-refractivity contribution in [3.63, 3.8) is 0 Å². The molecule has 2 aromatic heterocycles. The average Bonchev–Trinajstić information content (AvgIpc) is 2.35. The highest BCUT2D eigenvalue weighted by atomic mass is 127. The van der Waals surface area contributed by atoms with E-state index in [4.69, 9.17) is 11.6 Å². The molecule has 0 unspecified atom stereocenters. The molecule has 0 N–H and O–H groups in total. The van der Waals surface area contributed by atoms with Crippen molar-refractivity contribution < 1.29 is 28.4 Å². The van der Waals surface area contributed by atoms with E-state index in [2.05, 4.69) is 0 Å². The van der Waals surface area contributed by atoms with E-state index in [1.54, 1.807) is 0 Å². The van der Waals surface area contributed by atoms with Gasteiger partial charge in [-0.1, -0.05) is 0 Å². The summed E-state index contributed by atoms with van der Waals surface area (Å²) in [6.45, 7) is 0. The maximum absolute atomic E-state index is 5.92. The Morgan fingerprint density at radius 3 is 2.83 bits per heavy atom. The number of imidazole rings is 1. The van der Waals surface area contributed by atoms with E-state index in [0.717, 1.165) is 10.8 Å². The zero-order valence-corrected chi connectivity index (χ0v) is 9.45. The van der Waals surface area contributed by atoms with E-state index in [0.29, 0.717) is 0 Å². The number of nitrogens with zero attached hydrogens (tertiary/aromatic N) is 2. The highest BCUT2D eigenvalue weighted by molar-refractivity contribution is 6.28. The minimum absolute atomic E-state index is 0. The molecule has 0 saturated heterocycles. The fourth-order valence-electron chi connectivity index (χ4n) is 1.16. The Bertz CT molecular complexity index is 397. The normalized spacial score (nSPS) is 9.83. The molecule has 12 heavy (non-hydrogen) atoms. The summed E-state index contributed by atoms with van der Waals surface area (Å²) in [7, 11) is 1.99. The van der Waals surface area contributed by atoms with Crippen LogP contribution < -0.4 is 28.4 Å². The summed E-state index contributed by atoms with van der Waals surface area (Å²) in [6, 6.07) is 5.83. The lowest BCUT2D eigenvalue weighted by molar-refractivity contribution is -0.508. The standard InChI is InChI=1S/C8H8ClN2.HI/c1-10-5-6-11-7(9)3-2-4-8(10)11;/h2-6H,1H3;1H/q+1;/p-1. The second-order valence-corrected chi connectivity index (χ2v) is 2.87. The highest BCUT2D eigenvalue weighted by Gasteiger charge is 2.06. The number of rotatable bonds is 0. The molecule has 0 spiro atoms. The van der Waals surface area contributed by atoms with Gasteiger partial charge in [-0.2, -0.15) is 4.40 Å². The van der Waals surface area contributed by atoms with E-state index >= 15 is 0 Å². The van der Waals surface area contributed by atoms with Crippen LogP contribution in [-0.2, 0) is 7.05 Å². The van der Waals surface area contributed by atoms with Crippen LogP contribution in [0.25, 0.3) is 5.65 Å². The molecule has 0 fully saturated rings. The van der Waals surface area contributed by atoms with Crippen LogP contribution in [0.15, 0.2) is 30.6 Å². The molecule has 0 bridgehead atoms. The van der Waals surface area contributed by atoms with Crippen LogP contribution in [0.2, 0.25) is 5.15 Å². The van der Waals surface area contributed by atoms with Gasteiger partial charge in [0.2, 0.25) is 0 Å². The maximum Gasteiger partial charge on any atom is 0.287 e. The largest absolute Gasteiger partial charge is 1.00 e. The second-order valence-electron chi connectivity index (χ2n) is 2.49. The molecule has 4 heteroatoms. The first-order valence-electron chi connectivity index (χ1n) is 3.40. The minimum Gasteiger partial charge on any atom is -1.00 e. The van der Waals surface area contributed by atoms with E-state index in [1.807, 2.05) is 46.6 Å². The molecule has 0 aliphatic carbocycles. The smallest absolute Gasteiger partial charge is 0.287 e. The van der Waals surface area contributed by atoms with Crippen LogP contribution >= 0.6 is 11.6 Å². The molecule has 2 rings (SSSR count). The molecule has 64 valence electrons. The zero-order valence-electron chi connectivity index (χ0n) is 6.54. The fourth-order valence-corrected chi connectivity index (χ4v) is 1.38. The maximum atomic E-state index is 5.92. The van der Waals surface area contributed by atoms with Crippen LogP contribution in [-0.4, -0.2) is 4.57 Å². The predicted molar refractivity (Wildman–Crippen MR) is 43.6 cm³/mol. The molecule has 0 saturated carbocycles. The van der Waals surface area contributed by atoms with E-state index in [9.17, 15) is 0 Å². The van der Waals surface area contributed by atoms with Gasteiger partial charge < -0.3 is 24.0 Å². The Hall–Kier alpha value is -0.290. The lowest BCUT2D eigenvalue weighted by Crippen LogP contribution is -3.00. The fraction of sp³-hybridized carbons (Fsp3) is 0.125. The minimum atomic E-state index is 0. The summed E-state index contributed by atoms with van der Waals surface area (Å²) in [5.41, 5.74) is 1.09. The number of fused-ring (bicyclic) bond motifs is 1. The first-order valence-corrected chi connectivity index (χ1v) is 3.78. The Kier molecular flexibility index (Phi) is 2.95. The lowest BCUT2D eigenvalue weighted by atomic mass is 10.5. The Morgan fingerprint density at radius 1 is 1.42 bits per heavy atom. The number of pyridine rings is 1. The van der Waals surface area contributed by atoms with Crippen molar-refractivity contribution >= 4 is 17.2 Å². The van der Waals surface area contributed by atoms with Crippen LogP contribution in [0.4, 0.5) is 0 Å². The van der Waals surface area contributed by atoms with Gasteiger partial charge in [-0.3, -0.25) is 0 Å². The van der Waals surface area contributed by atoms with Gasteiger partial charge in [0.1, 0.15) is 12.4 Å². The van der Waals surface area contributed by atoms with Crippen molar-refractivity contribution in [3.05, 3.63) is 35.7 Å². The van der Waals surface area contributed by atoms with E-state index in [-0.39, 0.29) is 24.0 Å². The molecular weight excluding hydrogens is 286 g/mol. The van der Waals surface area contributed by atoms with Crippen LogP contribution in [0.3, 0.4) is 0 Å². The highest BCUT2D eigenvalue weighted by Crippen LogP contribution is 2.03. The monoisotopic (exact) mass is 294 g/mol. The third-order valence-electron chi connectivity index (χ3n) is 1.76. The predicted octanol–water partition coefficient (Wildman–Crippen LogP) is -1.58. The van der Waals surface area contributed by atoms with Crippen LogP contribution in [0.1, 0.15) is 0 Å².